The molecule has 0 bridgehead atoms. The van der Waals surface area contributed by atoms with Gasteiger partial charge >= 0.3 is 11.9 Å². The van der Waals surface area contributed by atoms with Gasteiger partial charge in [-0.05, 0) is 36.8 Å². The Morgan fingerprint density at radius 3 is 1.57 bits per heavy atom. The smallest absolute Gasteiger partial charge is 0.328 e. The van der Waals surface area contributed by atoms with E-state index in [9.17, 15) is 26.4 Å². The zero-order valence-electron chi connectivity index (χ0n) is 32.2. The summed E-state index contributed by atoms with van der Waals surface area (Å²) in [5.74, 6) is -2.02. The third kappa shape index (κ3) is 15.3. The summed E-state index contributed by atoms with van der Waals surface area (Å²) in [6.07, 6.45) is 2.81. The monoisotopic (exact) mass is 954 g/mol. The molecular formula is C38H56Br2N2O12S2. The van der Waals surface area contributed by atoms with E-state index in [0.29, 0.717) is 65.1 Å². The molecule has 0 radical (unpaired) electrons. The summed E-state index contributed by atoms with van der Waals surface area (Å²) >= 11 is 6.48. The predicted molar refractivity (Wildman–Crippen MR) is 220 cm³/mol. The molecular weight excluding hydrogens is 900 g/mol. The highest BCUT2D eigenvalue weighted by Crippen LogP contribution is 2.35. The largest absolute Gasteiger partial charge is 0.468 e. The Labute approximate surface area is 349 Å². The normalized spacial score (nSPS) is 18.4. The van der Waals surface area contributed by atoms with E-state index in [1.165, 1.54) is 22.8 Å². The van der Waals surface area contributed by atoms with Crippen molar-refractivity contribution in [1.82, 2.24) is 8.61 Å². The van der Waals surface area contributed by atoms with Gasteiger partial charge in [-0.1, -0.05) is 92.5 Å². The van der Waals surface area contributed by atoms with Crippen molar-refractivity contribution in [2.24, 2.45) is 0 Å². The maximum absolute atomic E-state index is 13.3. The van der Waals surface area contributed by atoms with Crippen molar-refractivity contribution < 1.29 is 54.8 Å². The molecule has 3 aliphatic rings. The van der Waals surface area contributed by atoms with Crippen molar-refractivity contribution in [1.29, 1.82) is 0 Å². The molecule has 18 heteroatoms. The molecule has 0 aromatic heterocycles. The van der Waals surface area contributed by atoms with E-state index in [4.69, 9.17) is 23.7 Å². The number of rotatable bonds is 16. The molecule has 3 aliphatic heterocycles. The van der Waals surface area contributed by atoms with Gasteiger partial charge in [-0.3, -0.25) is 9.59 Å². The van der Waals surface area contributed by atoms with Gasteiger partial charge in [0.2, 0.25) is 20.0 Å². The quantitative estimate of drug-likeness (QED) is 0.130. The van der Waals surface area contributed by atoms with Crippen LogP contribution in [0.1, 0.15) is 49.7 Å². The number of sulfonamides is 2. The number of carbonyl (C=O) groups excluding carboxylic acids is 2. The third-order valence-electron chi connectivity index (χ3n) is 9.51. The van der Waals surface area contributed by atoms with Crippen molar-refractivity contribution in [3.05, 3.63) is 71.8 Å². The molecule has 3 fully saturated rings. The SMILES string of the molecule is BrCCOCCBr.COC(=O)C1(S(=O)(=O)N2CCC(OCc3ccccc3)CC2)CCOCC1.COC(=O)CS(=O)(=O)N1CCC(OCc2ccccc2)CC1. The first-order valence-corrected chi connectivity index (χ1v) is 23.9. The number of carbonyl (C=O) groups is 2. The van der Waals surface area contributed by atoms with Crippen LogP contribution in [0, 0.1) is 0 Å². The Balaban J connectivity index is 0.000000261. The van der Waals surface area contributed by atoms with E-state index in [1.54, 1.807) is 0 Å². The standard InChI is InChI=1S/C19H27NO6S.C15H21NO5S.C4H8Br2O/c1-24-18(21)19(9-13-25-14-10-19)27(22,23)20-11-7-17(8-12-20)26-15-16-5-3-2-4-6-16;1-20-15(17)12-22(18,19)16-9-7-14(8-10-16)21-11-13-5-3-2-4-6-13;5-1-3-7-4-2-6/h2-6,17H,7-15H2,1H3;2-6,14H,7-12H2,1H3;1-4H2. The van der Waals surface area contributed by atoms with Gasteiger partial charge in [0, 0.05) is 62.9 Å². The van der Waals surface area contributed by atoms with E-state index >= 15 is 0 Å². The predicted octanol–water partition coefficient (Wildman–Crippen LogP) is 4.68. The van der Waals surface area contributed by atoms with Crippen LogP contribution in [0.5, 0.6) is 0 Å². The minimum Gasteiger partial charge on any atom is -0.468 e. The average Bonchev–Trinajstić information content (AvgIpc) is 3.23. The van der Waals surface area contributed by atoms with Gasteiger partial charge < -0.3 is 28.4 Å². The molecule has 5 rings (SSSR count). The molecule has 0 atom stereocenters. The number of hydrogen-bond acceptors (Lipinski definition) is 12. The molecule has 2 aromatic carbocycles. The van der Waals surface area contributed by atoms with E-state index in [2.05, 4.69) is 36.6 Å². The van der Waals surface area contributed by atoms with Crippen molar-refractivity contribution in [3.63, 3.8) is 0 Å². The van der Waals surface area contributed by atoms with Crippen LogP contribution in [0.15, 0.2) is 60.7 Å². The fourth-order valence-corrected chi connectivity index (χ4v) is 10.3. The molecule has 14 nitrogen and oxygen atoms in total. The van der Waals surface area contributed by atoms with Crippen LogP contribution in [0.25, 0.3) is 0 Å². The molecule has 3 saturated heterocycles. The fourth-order valence-electron chi connectivity index (χ4n) is 6.30. The first kappa shape index (κ1) is 48.4. The summed E-state index contributed by atoms with van der Waals surface area (Å²) in [6.45, 7) is 4.59. The van der Waals surface area contributed by atoms with Crippen molar-refractivity contribution in [2.45, 2.75) is 68.7 Å². The second-order valence-corrected chi connectivity index (χ2v) is 19.0. The second kappa shape index (κ2) is 25.5. The number of alkyl halides is 2. The molecule has 0 saturated carbocycles. The van der Waals surface area contributed by atoms with Crippen LogP contribution in [-0.2, 0) is 71.3 Å². The molecule has 0 unspecified atom stereocenters. The Morgan fingerprint density at radius 1 is 0.714 bits per heavy atom. The van der Waals surface area contributed by atoms with Gasteiger partial charge in [-0.2, -0.15) is 0 Å². The number of esters is 2. The van der Waals surface area contributed by atoms with Gasteiger partial charge in [0.25, 0.3) is 0 Å². The summed E-state index contributed by atoms with van der Waals surface area (Å²) < 4.78 is 83.2. The maximum atomic E-state index is 13.3. The molecule has 2 aromatic rings. The van der Waals surface area contributed by atoms with Crippen LogP contribution < -0.4 is 0 Å². The number of methoxy groups -OCH3 is 2. The molecule has 0 N–H and O–H groups in total. The maximum Gasteiger partial charge on any atom is 0.328 e. The second-order valence-electron chi connectivity index (χ2n) is 13.2. The fraction of sp³-hybridized carbons (Fsp3) is 0.632. The van der Waals surface area contributed by atoms with Crippen molar-refractivity contribution in [2.75, 3.05) is 83.2 Å². The molecule has 3 heterocycles. The lowest BCUT2D eigenvalue weighted by molar-refractivity contribution is -0.146. The van der Waals surface area contributed by atoms with Crippen LogP contribution in [0.4, 0.5) is 0 Å². The lowest BCUT2D eigenvalue weighted by atomic mass is 9.99. The molecule has 0 amide bonds. The summed E-state index contributed by atoms with van der Waals surface area (Å²) in [6, 6.07) is 19.8. The number of halogens is 2. The molecule has 0 aliphatic carbocycles. The summed E-state index contributed by atoms with van der Waals surface area (Å²) in [5.41, 5.74) is 2.20. The zero-order valence-corrected chi connectivity index (χ0v) is 37.0. The lowest BCUT2D eigenvalue weighted by Crippen LogP contribution is -2.58. The Hall–Kier alpha value is -2.00. The van der Waals surface area contributed by atoms with E-state index < -0.39 is 42.5 Å². The van der Waals surface area contributed by atoms with Gasteiger partial charge in [0.1, 0.15) is 0 Å². The molecule has 56 heavy (non-hydrogen) atoms. The van der Waals surface area contributed by atoms with Gasteiger partial charge in [0.15, 0.2) is 10.5 Å². The van der Waals surface area contributed by atoms with E-state index in [-0.39, 0.29) is 38.3 Å². The van der Waals surface area contributed by atoms with E-state index in [1.807, 2.05) is 60.7 Å². The van der Waals surface area contributed by atoms with Crippen LogP contribution >= 0.6 is 31.9 Å². The van der Waals surface area contributed by atoms with Crippen molar-refractivity contribution in [3.8, 4) is 0 Å². The van der Waals surface area contributed by atoms with Crippen molar-refractivity contribution >= 4 is 63.8 Å². The zero-order chi connectivity index (χ0) is 40.9. The van der Waals surface area contributed by atoms with Crippen LogP contribution in [0.3, 0.4) is 0 Å². The van der Waals surface area contributed by atoms with Gasteiger partial charge in [0.05, 0.1) is 52.9 Å². The Kier molecular flexibility index (Phi) is 22.0. The highest BCUT2D eigenvalue weighted by molar-refractivity contribution is 9.09. The number of nitrogens with zero attached hydrogens (tertiary/aromatic N) is 2. The van der Waals surface area contributed by atoms with E-state index in [0.717, 1.165) is 35.0 Å². The summed E-state index contributed by atoms with van der Waals surface area (Å²) in [7, 11) is -4.99. The van der Waals surface area contributed by atoms with Crippen LogP contribution in [-0.4, -0.2) is 138 Å². The first-order valence-electron chi connectivity index (χ1n) is 18.6. The number of ether oxygens (including phenoxy) is 6. The van der Waals surface area contributed by atoms with Crippen LogP contribution in [0.2, 0.25) is 0 Å². The summed E-state index contributed by atoms with van der Waals surface area (Å²) in [5, 5.41) is 1.86. The minimum absolute atomic E-state index is 0.0143. The number of hydrogen-bond donors (Lipinski definition) is 0. The highest BCUT2D eigenvalue weighted by Gasteiger charge is 2.55. The Morgan fingerprint density at radius 2 is 1.16 bits per heavy atom. The number of piperidine rings is 2. The topological polar surface area (TPSA) is 164 Å². The third-order valence-corrected chi connectivity index (χ3v) is 14.5. The summed E-state index contributed by atoms with van der Waals surface area (Å²) in [4.78, 5) is 23.5. The molecule has 0 spiro atoms. The Bertz CT molecular complexity index is 1630. The number of benzene rings is 2. The van der Waals surface area contributed by atoms with Gasteiger partial charge in [-0.25, -0.2) is 25.4 Å². The molecule has 316 valence electrons. The first-order chi connectivity index (χ1) is 26.9. The highest BCUT2D eigenvalue weighted by atomic mass is 79.9. The van der Waals surface area contributed by atoms with Gasteiger partial charge in [-0.15, -0.1) is 0 Å². The average molecular weight is 957 g/mol. The minimum atomic E-state index is -3.83. The lowest BCUT2D eigenvalue weighted by Gasteiger charge is -2.40.